The van der Waals surface area contributed by atoms with E-state index in [0.29, 0.717) is 0 Å². The summed E-state index contributed by atoms with van der Waals surface area (Å²) in [5.41, 5.74) is 0. The number of hydrogen-bond acceptors (Lipinski definition) is 0. The highest BCUT2D eigenvalue weighted by Crippen LogP contribution is 2.27. The lowest BCUT2D eigenvalue weighted by Crippen LogP contribution is -3.00. The molecule has 2 rings (SSSR count). The van der Waals surface area contributed by atoms with Gasteiger partial charge in [-0.25, -0.2) is 0 Å². The molecule has 1 fully saturated rings. The third-order valence-corrected chi connectivity index (χ3v) is 4.46. The minimum absolute atomic E-state index is 0. The Kier molecular flexibility index (Phi) is 6.34. The summed E-state index contributed by atoms with van der Waals surface area (Å²) in [7, 11) is 2.51. The third-order valence-electron chi connectivity index (χ3n) is 4.46. The minimum Gasteiger partial charge on any atom is -1.00 e. The molecule has 2 aliphatic rings. The molecule has 0 aromatic rings. The molecule has 94 valence electrons. The van der Waals surface area contributed by atoms with Crippen LogP contribution in [0, 0.1) is 0 Å². The fraction of sp³-hybridized carbons (Fsp3) is 0.857. The molecule has 0 spiro atoms. The van der Waals surface area contributed by atoms with Crippen LogP contribution in [0.3, 0.4) is 0 Å². The molecule has 1 heterocycles. The van der Waals surface area contributed by atoms with Gasteiger partial charge in [0.05, 0.1) is 26.2 Å². The molecule has 1 atom stereocenters. The summed E-state index contributed by atoms with van der Waals surface area (Å²) in [6.07, 6.45) is 16.1. The van der Waals surface area contributed by atoms with E-state index in [-0.39, 0.29) is 24.0 Å². The average molecular weight is 335 g/mol. The van der Waals surface area contributed by atoms with Gasteiger partial charge in [0.1, 0.15) is 0 Å². The Labute approximate surface area is 118 Å². The summed E-state index contributed by atoms with van der Waals surface area (Å²) in [5.74, 6) is 0. The zero-order valence-electron chi connectivity index (χ0n) is 10.6. The van der Waals surface area contributed by atoms with Crippen molar-refractivity contribution in [1.29, 1.82) is 0 Å². The van der Waals surface area contributed by atoms with Gasteiger partial charge in [-0.15, -0.1) is 0 Å². The molecule has 2 heteroatoms. The molecule has 1 nitrogen and oxygen atoms in total. The van der Waals surface area contributed by atoms with Crippen LogP contribution in [-0.4, -0.2) is 30.7 Å². The largest absolute Gasteiger partial charge is 1.00 e. The van der Waals surface area contributed by atoms with Gasteiger partial charge in [-0.3, -0.25) is 0 Å². The number of piperidine rings is 1. The molecule has 1 unspecified atom stereocenters. The van der Waals surface area contributed by atoms with Gasteiger partial charge in [-0.2, -0.15) is 0 Å². The van der Waals surface area contributed by atoms with Crippen molar-refractivity contribution in [3.63, 3.8) is 0 Å². The molecule has 1 aliphatic carbocycles. The highest BCUT2D eigenvalue weighted by Gasteiger charge is 2.33. The van der Waals surface area contributed by atoms with Gasteiger partial charge in [-0.05, 0) is 44.9 Å². The van der Waals surface area contributed by atoms with Gasteiger partial charge in [0.2, 0.25) is 0 Å². The monoisotopic (exact) mass is 335 g/mol. The second-order valence-corrected chi connectivity index (χ2v) is 5.62. The normalized spacial score (nSPS) is 29.9. The summed E-state index contributed by atoms with van der Waals surface area (Å²) < 4.78 is 1.38. The third kappa shape index (κ3) is 3.73. The SMILES string of the molecule is C[N+]1(C2CCC=CCCC2)CCCCC1.[I-]. The second kappa shape index (κ2) is 7.00. The first-order chi connectivity index (χ1) is 7.31. The number of allylic oxidation sites excluding steroid dienone is 2. The predicted molar refractivity (Wildman–Crippen MR) is 65.8 cm³/mol. The van der Waals surface area contributed by atoms with Crippen molar-refractivity contribution in [1.82, 2.24) is 0 Å². The zero-order chi connectivity index (χ0) is 10.6. The number of nitrogens with zero attached hydrogens (tertiary/aromatic N) is 1. The molecule has 1 saturated heterocycles. The lowest BCUT2D eigenvalue weighted by atomic mass is 9.95. The smallest absolute Gasteiger partial charge is 0.0891 e. The quantitative estimate of drug-likeness (QED) is 0.372. The van der Waals surface area contributed by atoms with Crippen molar-refractivity contribution in [3.05, 3.63) is 12.2 Å². The Hall–Kier alpha value is 0.430. The maximum atomic E-state index is 2.51. The number of quaternary nitrogens is 1. The van der Waals surface area contributed by atoms with Crippen molar-refractivity contribution in [2.45, 2.75) is 57.4 Å². The van der Waals surface area contributed by atoms with Crippen LogP contribution >= 0.6 is 0 Å². The summed E-state index contributed by atoms with van der Waals surface area (Å²) >= 11 is 0. The fourth-order valence-electron chi connectivity index (χ4n) is 3.36. The zero-order valence-corrected chi connectivity index (χ0v) is 12.8. The Morgan fingerprint density at radius 1 is 0.875 bits per heavy atom. The molecule has 0 aromatic heterocycles. The summed E-state index contributed by atoms with van der Waals surface area (Å²) in [5, 5.41) is 0. The number of hydrogen-bond donors (Lipinski definition) is 0. The van der Waals surface area contributed by atoms with Crippen LogP contribution in [0.2, 0.25) is 0 Å². The first-order valence-electron chi connectivity index (χ1n) is 6.80. The molecule has 1 aliphatic heterocycles. The van der Waals surface area contributed by atoms with Crippen LogP contribution < -0.4 is 24.0 Å². The number of rotatable bonds is 1. The Bertz CT molecular complexity index is 219. The molecule has 0 N–H and O–H groups in total. The van der Waals surface area contributed by atoms with Gasteiger partial charge in [-0.1, -0.05) is 12.2 Å². The topological polar surface area (TPSA) is 0 Å². The standard InChI is InChI=1S/C14H26N.HI/c1-15(12-8-5-9-13-15)14-10-6-3-2-4-7-11-14;/h2-3,14H,4-13H2,1H3;1H/q+1;/p-1. The summed E-state index contributed by atoms with van der Waals surface area (Å²) in [6, 6.07) is 0.954. The highest BCUT2D eigenvalue weighted by molar-refractivity contribution is 4.85. The molecule has 0 bridgehead atoms. The summed E-state index contributed by atoms with van der Waals surface area (Å²) in [4.78, 5) is 0. The minimum atomic E-state index is 0. The van der Waals surface area contributed by atoms with Gasteiger partial charge in [0, 0.05) is 6.42 Å². The van der Waals surface area contributed by atoms with Crippen molar-refractivity contribution < 1.29 is 28.5 Å². The molecular formula is C14H26IN. The first-order valence-corrected chi connectivity index (χ1v) is 6.80. The van der Waals surface area contributed by atoms with E-state index in [1.807, 2.05) is 0 Å². The van der Waals surface area contributed by atoms with Gasteiger partial charge in [0.15, 0.2) is 0 Å². The van der Waals surface area contributed by atoms with Crippen LogP contribution in [0.15, 0.2) is 12.2 Å². The van der Waals surface area contributed by atoms with Crippen molar-refractivity contribution in [2.24, 2.45) is 0 Å². The van der Waals surface area contributed by atoms with Crippen LogP contribution in [0.5, 0.6) is 0 Å². The van der Waals surface area contributed by atoms with Crippen LogP contribution in [0.1, 0.15) is 51.4 Å². The van der Waals surface area contributed by atoms with Crippen molar-refractivity contribution in [2.75, 3.05) is 20.1 Å². The van der Waals surface area contributed by atoms with E-state index < -0.39 is 0 Å². The van der Waals surface area contributed by atoms with E-state index in [1.54, 1.807) is 0 Å². The second-order valence-electron chi connectivity index (χ2n) is 5.62. The number of likely N-dealkylation sites (tertiary alicyclic amines) is 1. The summed E-state index contributed by atoms with van der Waals surface area (Å²) in [6.45, 7) is 2.88. The van der Waals surface area contributed by atoms with E-state index in [1.165, 1.54) is 68.9 Å². The number of halogens is 1. The molecule has 0 saturated carbocycles. The van der Waals surface area contributed by atoms with E-state index >= 15 is 0 Å². The van der Waals surface area contributed by atoms with Gasteiger partial charge in [0.25, 0.3) is 0 Å². The predicted octanol–water partition coefficient (Wildman–Crippen LogP) is 0.510. The van der Waals surface area contributed by atoms with Crippen molar-refractivity contribution in [3.8, 4) is 0 Å². The first kappa shape index (κ1) is 14.5. The molecule has 0 radical (unpaired) electrons. The molecule has 0 aromatic carbocycles. The van der Waals surface area contributed by atoms with Crippen LogP contribution in [0.25, 0.3) is 0 Å². The van der Waals surface area contributed by atoms with E-state index in [2.05, 4.69) is 19.2 Å². The highest BCUT2D eigenvalue weighted by atomic mass is 127. The van der Waals surface area contributed by atoms with Gasteiger partial charge >= 0.3 is 0 Å². The lowest BCUT2D eigenvalue weighted by Gasteiger charge is -2.44. The van der Waals surface area contributed by atoms with Crippen molar-refractivity contribution >= 4 is 0 Å². The van der Waals surface area contributed by atoms with Gasteiger partial charge < -0.3 is 28.5 Å². The molecule has 0 amide bonds. The molecule has 16 heavy (non-hydrogen) atoms. The van der Waals surface area contributed by atoms with E-state index in [9.17, 15) is 0 Å². The lowest BCUT2D eigenvalue weighted by molar-refractivity contribution is -0.938. The van der Waals surface area contributed by atoms with Crippen LogP contribution in [0.4, 0.5) is 0 Å². The Morgan fingerprint density at radius 3 is 2.31 bits per heavy atom. The Morgan fingerprint density at radius 2 is 1.56 bits per heavy atom. The fourth-order valence-corrected chi connectivity index (χ4v) is 3.36. The van der Waals surface area contributed by atoms with E-state index in [0.717, 1.165) is 6.04 Å². The van der Waals surface area contributed by atoms with E-state index in [4.69, 9.17) is 0 Å². The Balaban J connectivity index is 0.00000128. The molecular weight excluding hydrogens is 309 g/mol. The maximum Gasteiger partial charge on any atom is 0.0891 e. The van der Waals surface area contributed by atoms with Crippen LogP contribution in [-0.2, 0) is 0 Å². The maximum absolute atomic E-state index is 2.51. The average Bonchev–Trinajstić information content (AvgIpc) is 2.17.